The number of anilines is 1. The van der Waals surface area contributed by atoms with Crippen molar-refractivity contribution in [1.82, 2.24) is 20.1 Å². The second-order valence-corrected chi connectivity index (χ2v) is 4.50. The van der Waals surface area contributed by atoms with E-state index in [4.69, 9.17) is 5.73 Å². The maximum Gasteiger partial charge on any atom is 0.242 e. The molecule has 0 aliphatic rings. The number of nitrogens with two attached hydrogens (primary N) is 1. The van der Waals surface area contributed by atoms with Crippen molar-refractivity contribution in [1.29, 1.82) is 0 Å². The largest absolute Gasteiger partial charge is 0.367 e. The van der Waals surface area contributed by atoms with Gasteiger partial charge in [-0.25, -0.2) is 9.67 Å². The summed E-state index contributed by atoms with van der Waals surface area (Å²) in [6.45, 7) is 4.08. The molecule has 0 fully saturated rings. The molecule has 0 aliphatic heterocycles. The number of nitrogens with one attached hydrogen (secondary N) is 1. The first-order valence-electron chi connectivity index (χ1n) is 6.05. The van der Waals surface area contributed by atoms with Gasteiger partial charge in [0, 0.05) is 0 Å². The van der Waals surface area contributed by atoms with Crippen LogP contribution in [0.15, 0.2) is 30.6 Å². The monoisotopic (exact) mass is 259 g/mol. The molecule has 1 heterocycles. The molecule has 0 spiro atoms. The zero-order valence-corrected chi connectivity index (χ0v) is 11.0. The van der Waals surface area contributed by atoms with Crippen LogP contribution in [-0.2, 0) is 11.3 Å². The predicted octanol–water partition coefficient (Wildman–Crippen LogP) is 1.05. The minimum absolute atomic E-state index is 0.0473. The lowest BCUT2D eigenvalue weighted by Gasteiger charge is -2.14. The Morgan fingerprint density at radius 3 is 2.68 bits per heavy atom. The quantitative estimate of drug-likeness (QED) is 0.859. The van der Waals surface area contributed by atoms with Crippen molar-refractivity contribution in [2.45, 2.75) is 26.4 Å². The first-order valence-corrected chi connectivity index (χ1v) is 6.05. The van der Waals surface area contributed by atoms with E-state index >= 15 is 0 Å². The Morgan fingerprint density at radius 1 is 1.42 bits per heavy atom. The van der Waals surface area contributed by atoms with Gasteiger partial charge in [0.15, 0.2) is 0 Å². The highest BCUT2D eigenvalue weighted by molar-refractivity contribution is 5.76. The summed E-state index contributed by atoms with van der Waals surface area (Å²) in [6.07, 6.45) is 1.44. The third-order valence-electron chi connectivity index (χ3n) is 2.81. The van der Waals surface area contributed by atoms with Crippen LogP contribution < -0.4 is 11.1 Å². The molecule has 2 rings (SSSR count). The molecule has 0 saturated carbocycles. The van der Waals surface area contributed by atoms with E-state index in [2.05, 4.69) is 15.4 Å². The number of carbonyl (C=O) groups is 1. The Balaban J connectivity index is 1.93. The SMILES string of the molecule is Cc1ccc(C(C)NC(=O)Cn2cnc(N)n2)cc1. The second-order valence-electron chi connectivity index (χ2n) is 4.50. The number of nitrogens with zero attached hydrogens (tertiary/aromatic N) is 3. The molecular formula is C13H17N5O. The summed E-state index contributed by atoms with van der Waals surface area (Å²) >= 11 is 0. The average Bonchev–Trinajstić information content (AvgIpc) is 2.75. The fourth-order valence-electron chi connectivity index (χ4n) is 1.76. The molecular weight excluding hydrogens is 242 g/mol. The Hall–Kier alpha value is -2.37. The van der Waals surface area contributed by atoms with Gasteiger partial charge in [-0.1, -0.05) is 29.8 Å². The van der Waals surface area contributed by atoms with Crippen molar-refractivity contribution in [2.24, 2.45) is 0 Å². The van der Waals surface area contributed by atoms with Crippen molar-refractivity contribution in [3.05, 3.63) is 41.7 Å². The molecule has 0 radical (unpaired) electrons. The van der Waals surface area contributed by atoms with E-state index in [0.29, 0.717) is 0 Å². The molecule has 100 valence electrons. The molecule has 1 unspecified atom stereocenters. The molecule has 1 atom stereocenters. The summed E-state index contributed by atoms with van der Waals surface area (Å²) in [6, 6.07) is 8.02. The number of nitrogen functional groups attached to an aromatic ring is 1. The summed E-state index contributed by atoms with van der Waals surface area (Å²) < 4.78 is 1.41. The third kappa shape index (κ3) is 3.54. The van der Waals surface area contributed by atoms with Gasteiger partial charge in [-0.15, -0.1) is 5.10 Å². The van der Waals surface area contributed by atoms with Gasteiger partial charge in [0.1, 0.15) is 12.9 Å². The van der Waals surface area contributed by atoms with Crippen LogP contribution in [0.5, 0.6) is 0 Å². The molecule has 2 aromatic rings. The molecule has 1 aromatic heterocycles. The normalized spacial score (nSPS) is 12.1. The van der Waals surface area contributed by atoms with Crippen LogP contribution in [0.2, 0.25) is 0 Å². The van der Waals surface area contributed by atoms with E-state index < -0.39 is 0 Å². The summed E-state index contributed by atoms with van der Waals surface area (Å²) in [4.78, 5) is 15.6. The van der Waals surface area contributed by atoms with Gasteiger partial charge < -0.3 is 11.1 Å². The van der Waals surface area contributed by atoms with Gasteiger partial charge in [-0.05, 0) is 19.4 Å². The first-order chi connectivity index (χ1) is 9.04. The molecule has 19 heavy (non-hydrogen) atoms. The van der Waals surface area contributed by atoms with Gasteiger partial charge in [-0.2, -0.15) is 0 Å². The number of rotatable bonds is 4. The van der Waals surface area contributed by atoms with Crippen molar-refractivity contribution in [2.75, 3.05) is 5.73 Å². The summed E-state index contributed by atoms with van der Waals surface area (Å²) in [7, 11) is 0. The smallest absolute Gasteiger partial charge is 0.242 e. The van der Waals surface area contributed by atoms with Crippen LogP contribution >= 0.6 is 0 Å². The molecule has 1 amide bonds. The van der Waals surface area contributed by atoms with Gasteiger partial charge in [-0.3, -0.25) is 4.79 Å². The maximum absolute atomic E-state index is 11.8. The summed E-state index contributed by atoms with van der Waals surface area (Å²) in [5, 5.41) is 6.77. The average molecular weight is 259 g/mol. The van der Waals surface area contributed by atoms with Crippen LogP contribution in [0, 0.1) is 6.92 Å². The zero-order valence-electron chi connectivity index (χ0n) is 11.0. The summed E-state index contributed by atoms with van der Waals surface area (Å²) in [5.74, 6) is 0.0392. The molecule has 0 bridgehead atoms. The number of benzene rings is 1. The molecule has 1 aromatic carbocycles. The fourth-order valence-corrected chi connectivity index (χ4v) is 1.76. The highest BCUT2D eigenvalue weighted by atomic mass is 16.2. The van der Waals surface area contributed by atoms with Gasteiger partial charge in [0.25, 0.3) is 0 Å². The van der Waals surface area contributed by atoms with E-state index in [1.54, 1.807) is 0 Å². The van der Waals surface area contributed by atoms with Crippen LogP contribution in [-0.4, -0.2) is 20.7 Å². The number of aryl methyl sites for hydroxylation is 1. The number of hydrogen-bond donors (Lipinski definition) is 2. The van der Waals surface area contributed by atoms with E-state index in [0.717, 1.165) is 5.56 Å². The third-order valence-corrected chi connectivity index (χ3v) is 2.81. The lowest BCUT2D eigenvalue weighted by Crippen LogP contribution is -2.30. The highest BCUT2D eigenvalue weighted by Crippen LogP contribution is 2.12. The molecule has 0 saturated heterocycles. The standard InChI is InChI=1S/C13H17N5O/c1-9-3-5-11(6-4-9)10(2)16-12(19)7-18-8-15-13(14)17-18/h3-6,8,10H,7H2,1-2H3,(H2,14,17)(H,16,19). The van der Waals surface area contributed by atoms with Gasteiger partial charge >= 0.3 is 0 Å². The number of hydrogen-bond acceptors (Lipinski definition) is 4. The van der Waals surface area contributed by atoms with E-state index in [1.165, 1.54) is 16.6 Å². The Bertz CT molecular complexity index is 561. The zero-order chi connectivity index (χ0) is 13.8. The lowest BCUT2D eigenvalue weighted by molar-refractivity contribution is -0.122. The predicted molar refractivity (Wildman–Crippen MR) is 72.2 cm³/mol. The number of carbonyl (C=O) groups excluding carboxylic acids is 1. The van der Waals surface area contributed by atoms with Crippen molar-refractivity contribution < 1.29 is 4.79 Å². The Kier molecular flexibility index (Phi) is 3.79. The van der Waals surface area contributed by atoms with Gasteiger partial charge in [0.05, 0.1) is 6.04 Å². The van der Waals surface area contributed by atoms with Crippen LogP contribution in [0.1, 0.15) is 24.1 Å². The number of aromatic nitrogens is 3. The van der Waals surface area contributed by atoms with E-state index in [-0.39, 0.29) is 24.4 Å². The molecule has 6 nitrogen and oxygen atoms in total. The fraction of sp³-hybridized carbons (Fsp3) is 0.308. The van der Waals surface area contributed by atoms with Crippen molar-refractivity contribution in [3.63, 3.8) is 0 Å². The van der Waals surface area contributed by atoms with Crippen LogP contribution in [0.3, 0.4) is 0 Å². The maximum atomic E-state index is 11.8. The minimum Gasteiger partial charge on any atom is -0.367 e. The number of amides is 1. The van der Waals surface area contributed by atoms with Crippen LogP contribution in [0.25, 0.3) is 0 Å². The lowest BCUT2D eigenvalue weighted by atomic mass is 10.1. The Labute approximate surface area is 111 Å². The van der Waals surface area contributed by atoms with Gasteiger partial charge in [0.2, 0.25) is 11.9 Å². The van der Waals surface area contributed by atoms with Crippen molar-refractivity contribution in [3.8, 4) is 0 Å². The van der Waals surface area contributed by atoms with Crippen molar-refractivity contribution >= 4 is 11.9 Å². The van der Waals surface area contributed by atoms with E-state index in [9.17, 15) is 4.79 Å². The molecule has 3 N–H and O–H groups in total. The Morgan fingerprint density at radius 2 is 2.11 bits per heavy atom. The first kappa shape index (κ1) is 13.1. The van der Waals surface area contributed by atoms with Crippen LogP contribution in [0.4, 0.5) is 5.95 Å². The molecule has 6 heteroatoms. The second kappa shape index (κ2) is 5.51. The molecule has 0 aliphatic carbocycles. The topological polar surface area (TPSA) is 85.8 Å². The highest BCUT2D eigenvalue weighted by Gasteiger charge is 2.10. The summed E-state index contributed by atoms with van der Waals surface area (Å²) in [5.41, 5.74) is 7.65. The van der Waals surface area contributed by atoms with E-state index in [1.807, 2.05) is 38.1 Å². The minimum atomic E-state index is -0.127.